The lowest BCUT2D eigenvalue weighted by Gasteiger charge is -2.37. The molecule has 1 N–H and O–H groups in total. The van der Waals surface area contributed by atoms with E-state index < -0.39 is 5.60 Å². The van der Waals surface area contributed by atoms with Crippen LogP contribution in [-0.4, -0.2) is 35.8 Å². The monoisotopic (exact) mass is 369 g/mol. The average molecular weight is 370 g/mol. The lowest BCUT2D eigenvalue weighted by molar-refractivity contribution is 0.0523. The van der Waals surface area contributed by atoms with Crippen LogP contribution >= 0.6 is 15.9 Å². The van der Waals surface area contributed by atoms with Crippen LogP contribution in [0.5, 0.6) is 0 Å². The molecule has 1 aliphatic rings. The Balaban J connectivity index is 1.97. The van der Waals surface area contributed by atoms with Crippen LogP contribution in [0, 0.1) is 0 Å². The van der Waals surface area contributed by atoms with E-state index in [9.17, 15) is 4.79 Å². The maximum atomic E-state index is 11.8. The molecule has 0 radical (unpaired) electrons. The lowest BCUT2D eigenvalue weighted by atomic mass is 10.0. The van der Waals surface area contributed by atoms with Gasteiger partial charge in [0.15, 0.2) is 0 Å². The summed E-state index contributed by atoms with van der Waals surface area (Å²) in [6.45, 7) is 7.13. The molecule has 22 heavy (non-hydrogen) atoms. The number of nitrogens with one attached hydrogen (secondary N) is 1. The number of carbonyl (C=O) groups is 1. The smallest absolute Gasteiger partial charge is 0.407 e. The minimum Gasteiger partial charge on any atom is -0.444 e. The Kier molecular flexibility index (Phi) is 5.67. The standard InChI is InChI=1S/C16H24BrN3O2/c1-16(2,3)22-15(21)18-11-12-7-4-5-10-20(12)14-9-6-8-13(17)19-14/h6,8-9,12H,4-5,7,10-11H2,1-3H3,(H,18,21)/t12-/m1/s1. The van der Waals surface area contributed by atoms with Gasteiger partial charge in [-0.3, -0.25) is 0 Å². The summed E-state index contributed by atoms with van der Waals surface area (Å²) in [4.78, 5) is 18.6. The van der Waals surface area contributed by atoms with Crippen LogP contribution in [0.15, 0.2) is 22.8 Å². The van der Waals surface area contributed by atoms with Crippen molar-refractivity contribution in [2.24, 2.45) is 0 Å². The number of hydrogen-bond acceptors (Lipinski definition) is 4. The van der Waals surface area contributed by atoms with Gasteiger partial charge in [0, 0.05) is 19.1 Å². The highest BCUT2D eigenvalue weighted by Gasteiger charge is 2.25. The summed E-state index contributed by atoms with van der Waals surface area (Å²) in [6, 6.07) is 6.17. The van der Waals surface area contributed by atoms with Crippen LogP contribution in [0.1, 0.15) is 40.0 Å². The number of carbonyl (C=O) groups excluding carboxylic acids is 1. The Bertz CT molecular complexity index is 516. The Hall–Kier alpha value is -1.30. The third kappa shape index (κ3) is 5.16. The van der Waals surface area contributed by atoms with Gasteiger partial charge in [-0.2, -0.15) is 0 Å². The number of alkyl carbamates (subject to hydrolysis) is 1. The number of hydrogen-bond donors (Lipinski definition) is 1. The van der Waals surface area contributed by atoms with Gasteiger partial charge >= 0.3 is 6.09 Å². The molecule has 0 unspecified atom stereocenters. The normalized spacial score (nSPS) is 18.9. The predicted molar refractivity (Wildman–Crippen MR) is 91.2 cm³/mol. The maximum absolute atomic E-state index is 11.8. The number of nitrogens with zero attached hydrogens (tertiary/aromatic N) is 2. The molecule has 1 atom stereocenters. The third-order valence-electron chi connectivity index (χ3n) is 3.50. The van der Waals surface area contributed by atoms with Crippen LogP contribution in [-0.2, 0) is 4.74 Å². The van der Waals surface area contributed by atoms with Crippen molar-refractivity contribution >= 4 is 27.8 Å². The predicted octanol–water partition coefficient (Wildman–Crippen LogP) is 3.73. The molecule has 1 saturated heterocycles. The van der Waals surface area contributed by atoms with E-state index >= 15 is 0 Å². The molecule has 6 heteroatoms. The average Bonchev–Trinajstić information content (AvgIpc) is 2.44. The fourth-order valence-corrected chi connectivity index (χ4v) is 2.92. The van der Waals surface area contributed by atoms with Crippen molar-refractivity contribution in [2.45, 2.75) is 51.7 Å². The van der Waals surface area contributed by atoms with Crippen molar-refractivity contribution in [3.05, 3.63) is 22.8 Å². The summed E-state index contributed by atoms with van der Waals surface area (Å²) in [6.07, 6.45) is 3.01. The van der Waals surface area contributed by atoms with Gasteiger partial charge in [0.2, 0.25) is 0 Å². The zero-order chi connectivity index (χ0) is 16.2. The van der Waals surface area contributed by atoms with Crippen LogP contribution in [0.3, 0.4) is 0 Å². The van der Waals surface area contributed by atoms with Crippen LogP contribution in [0.25, 0.3) is 0 Å². The second kappa shape index (κ2) is 7.31. The number of piperidine rings is 1. The number of ether oxygens (including phenoxy) is 1. The third-order valence-corrected chi connectivity index (χ3v) is 3.94. The zero-order valence-electron chi connectivity index (χ0n) is 13.4. The van der Waals surface area contributed by atoms with E-state index in [1.807, 2.05) is 39.0 Å². The van der Waals surface area contributed by atoms with Crippen molar-refractivity contribution in [3.8, 4) is 0 Å². The molecule has 0 bridgehead atoms. The van der Waals surface area contributed by atoms with E-state index in [-0.39, 0.29) is 12.1 Å². The fraction of sp³-hybridized carbons (Fsp3) is 0.625. The highest BCUT2D eigenvalue weighted by molar-refractivity contribution is 9.10. The summed E-state index contributed by atoms with van der Waals surface area (Å²) >= 11 is 3.42. The largest absolute Gasteiger partial charge is 0.444 e. The highest BCUT2D eigenvalue weighted by atomic mass is 79.9. The highest BCUT2D eigenvalue weighted by Crippen LogP contribution is 2.24. The number of rotatable bonds is 3. The van der Waals surface area contributed by atoms with Gasteiger partial charge in [0.1, 0.15) is 16.0 Å². The Morgan fingerprint density at radius 2 is 2.23 bits per heavy atom. The summed E-state index contributed by atoms with van der Waals surface area (Å²) in [7, 11) is 0. The summed E-state index contributed by atoms with van der Waals surface area (Å²) in [5, 5.41) is 2.88. The molecular weight excluding hydrogens is 346 g/mol. The van der Waals surface area contributed by atoms with E-state index in [1.54, 1.807) is 0 Å². The first-order valence-corrected chi connectivity index (χ1v) is 8.50. The first-order valence-electron chi connectivity index (χ1n) is 7.71. The maximum Gasteiger partial charge on any atom is 0.407 e. The van der Waals surface area contributed by atoms with Gasteiger partial charge < -0.3 is 15.0 Å². The number of pyridine rings is 1. The van der Waals surface area contributed by atoms with Gasteiger partial charge in [0.25, 0.3) is 0 Å². The van der Waals surface area contributed by atoms with Crippen LogP contribution < -0.4 is 10.2 Å². The topological polar surface area (TPSA) is 54.5 Å². The number of aromatic nitrogens is 1. The quantitative estimate of drug-likeness (QED) is 0.824. The summed E-state index contributed by atoms with van der Waals surface area (Å²) < 4.78 is 6.13. The molecule has 0 saturated carbocycles. The number of halogens is 1. The first kappa shape index (κ1) is 17.1. The van der Waals surface area contributed by atoms with Crippen molar-refractivity contribution < 1.29 is 9.53 Å². The van der Waals surface area contributed by atoms with Gasteiger partial charge in [-0.05, 0) is 68.1 Å². The molecule has 1 amide bonds. The molecular formula is C16H24BrN3O2. The van der Waals surface area contributed by atoms with Crippen molar-refractivity contribution in [1.29, 1.82) is 0 Å². The van der Waals surface area contributed by atoms with Crippen molar-refractivity contribution in [3.63, 3.8) is 0 Å². The number of anilines is 1. The lowest BCUT2D eigenvalue weighted by Crippen LogP contribution is -2.48. The van der Waals surface area contributed by atoms with Crippen LogP contribution in [0.2, 0.25) is 0 Å². The molecule has 0 aliphatic carbocycles. The molecule has 0 spiro atoms. The second-order valence-corrected chi connectivity index (χ2v) is 7.36. The van der Waals surface area contributed by atoms with Gasteiger partial charge in [0.05, 0.1) is 0 Å². The van der Waals surface area contributed by atoms with Crippen LogP contribution in [0.4, 0.5) is 10.6 Å². The molecule has 122 valence electrons. The van der Waals surface area contributed by atoms with E-state index in [2.05, 4.69) is 31.1 Å². The van der Waals surface area contributed by atoms with Gasteiger partial charge in [-0.15, -0.1) is 0 Å². The SMILES string of the molecule is CC(C)(C)OC(=O)NC[C@H]1CCCCN1c1cccc(Br)n1. The molecule has 0 aromatic carbocycles. The molecule has 1 aromatic rings. The Labute approximate surface area is 140 Å². The van der Waals surface area contributed by atoms with Gasteiger partial charge in [-0.1, -0.05) is 6.07 Å². The van der Waals surface area contributed by atoms with E-state index in [0.29, 0.717) is 6.54 Å². The first-order chi connectivity index (χ1) is 10.3. The molecule has 2 rings (SSSR count). The van der Waals surface area contributed by atoms with Gasteiger partial charge in [-0.25, -0.2) is 9.78 Å². The second-order valence-electron chi connectivity index (χ2n) is 6.54. The van der Waals surface area contributed by atoms with E-state index in [1.165, 1.54) is 6.42 Å². The van der Waals surface area contributed by atoms with E-state index in [0.717, 1.165) is 29.8 Å². The minimum absolute atomic E-state index is 0.253. The summed E-state index contributed by atoms with van der Waals surface area (Å²) in [5.41, 5.74) is -0.470. The minimum atomic E-state index is -0.470. The van der Waals surface area contributed by atoms with E-state index in [4.69, 9.17) is 4.74 Å². The molecule has 1 fully saturated rings. The Morgan fingerprint density at radius 1 is 1.45 bits per heavy atom. The number of amides is 1. The molecule has 5 nitrogen and oxygen atoms in total. The Morgan fingerprint density at radius 3 is 2.91 bits per heavy atom. The zero-order valence-corrected chi connectivity index (χ0v) is 15.0. The van der Waals surface area contributed by atoms with Crippen molar-refractivity contribution in [2.75, 3.05) is 18.0 Å². The summed E-state index contributed by atoms with van der Waals surface area (Å²) in [5.74, 6) is 0.949. The molecule has 1 aromatic heterocycles. The molecule has 2 heterocycles. The fourth-order valence-electron chi connectivity index (χ4n) is 2.59. The van der Waals surface area contributed by atoms with Crippen molar-refractivity contribution in [1.82, 2.24) is 10.3 Å². The molecule has 1 aliphatic heterocycles.